The largest absolute Gasteiger partial charge is 0.491 e. The predicted molar refractivity (Wildman–Crippen MR) is 196 cm³/mol. The molecule has 0 spiro atoms. The van der Waals surface area contributed by atoms with Gasteiger partial charge in [0.15, 0.2) is 27.5 Å². The van der Waals surface area contributed by atoms with Gasteiger partial charge in [0, 0.05) is 35.0 Å². The number of ether oxygens (including phenoxy) is 1. The molecule has 5 aromatic rings. The Hall–Kier alpha value is -4.48. The van der Waals surface area contributed by atoms with E-state index in [1.165, 1.54) is 28.7 Å². The van der Waals surface area contributed by atoms with Crippen molar-refractivity contribution < 1.29 is 23.8 Å². The number of carbonyl (C=O) groups is 2. The number of aromatic carboxylic acids is 1. The number of nitrogens with one attached hydrogen (secondary N) is 1. The number of carboxylic acids is 1. The number of carbonyl (C=O) groups excluding carboxylic acids is 1. The summed E-state index contributed by atoms with van der Waals surface area (Å²) < 4.78 is 21.4. The Morgan fingerprint density at radius 1 is 1.14 bits per heavy atom. The molecule has 3 heterocycles. The van der Waals surface area contributed by atoms with E-state index in [4.69, 9.17) is 4.74 Å². The van der Waals surface area contributed by atoms with Crippen molar-refractivity contribution in [3.05, 3.63) is 99.3 Å². The van der Waals surface area contributed by atoms with E-state index < -0.39 is 11.8 Å². The van der Waals surface area contributed by atoms with Crippen molar-refractivity contribution in [2.75, 3.05) is 49.1 Å². The summed E-state index contributed by atoms with van der Waals surface area (Å²) in [6.45, 7) is 1.85. The van der Waals surface area contributed by atoms with Crippen LogP contribution in [0.1, 0.15) is 48.8 Å². The fourth-order valence-corrected chi connectivity index (χ4v) is 8.02. The second-order valence-corrected chi connectivity index (χ2v) is 14.4. The van der Waals surface area contributed by atoms with Crippen LogP contribution in [0.3, 0.4) is 0 Å². The van der Waals surface area contributed by atoms with Crippen molar-refractivity contribution in [2.24, 2.45) is 0 Å². The quantitative estimate of drug-likeness (QED) is 0.0801. The molecule has 2 N–H and O–H groups in total. The van der Waals surface area contributed by atoms with Crippen LogP contribution in [0.4, 0.5) is 14.7 Å². The van der Waals surface area contributed by atoms with Crippen molar-refractivity contribution in [1.29, 1.82) is 0 Å². The van der Waals surface area contributed by atoms with Gasteiger partial charge >= 0.3 is 5.97 Å². The monoisotopic (exact) mass is 715 g/mol. The summed E-state index contributed by atoms with van der Waals surface area (Å²) in [5.74, 6) is 5.19. The summed E-state index contributed by atoms with van der Waals surface area (Å²) in [7, 11) is 1.98. The number of rotatable bonds is 12. The number of halogens is 1. The molecule has 13 heteroatoms. The van der Waals surface area contributed by atoms with Gasteiger partial charge in [0.05, 0.1) is 23.4 Å². The molecule has 3 aromatic carbocycles. The van der Waals surface area contributed by atoms with E-state index in [2.05, 4.69) is 32.0 Å². The minimum atomic E-state index is -1.10. The summed E-state index contributed by atoms with van der Waals surface area (Å²) in [6, 6.07) is 18.1. The molecular formula is C36H34FN5O4S3. The topological polar surface area (TPSA) is 108 Å². The average Bonchev–Trinajstić information content (AvgIpc) is 3.71. The number of aromatic nitrogens is 2. The molecular weight excluding hydrogens is 682 g/mol. The number of anilines is 2. The molecule has 6 rings (SSSR count). The lowest BCUT2D eigenvalue weighted by molar-refractivity contribution is 0.0690. The Bertz CT molecular complexity index is 2020. The second-order valence-electron chi connectivity index (χ2n) is 11.5. The zero-order valence-electron chi connectivity index (χ0n) is 27.0. The number of para-hydroxylation sites is 1. The van der Waals surface area contributed by atoms with Crippen LogP contribution < -0.4 is 15.0 Å². The first-order chi connectivity index (χ1) is 23.8. The van der Waals surface area contributed by atoms with E-state index in [1.807, 2.05) is 54.6 Å². The van der Waals surface area contributed by atoms with Crippen molar-refractivity contribution in [3.8, 4) is 17.6 Å². The van der Waals surface area contributed by atoms with Crippen molar-refractivity contribution in [3.63, 3.8) is 0 Å². The molecule has 1 amide bonds. The highest BCUT2D eigenvalue weighted by molar-refractivity contribution is 7.98. The standard InChI is InChI=1S/C36H34FN5O4S3/c1-41(22-47-2)17-6-8-23-14-15-29(27(37)20-23)46-19-7-13-31-32(34(44)45)39-36(49-31)42-18-16-24-9-5-10-25(26(24)21-42)33(43)40-35-38-28-11-3-4-12-30(28)48-35/h3-5,9-12,14-15,20H,7,13,16-19,21-22H2,1-2H3,(H,44,45)(H,38,40,43). The fourth-order valence-electron chi connectivity index (χ4n) is 5.51. The number of benzene rings is 3. The van der Waals surface area contributed by atoms with Crippen LogP contribution in [-0.2, 0) is 19.4 Å². The summed E-state index contributed by atoms with van der Waals surface area (Å²) in [6.07, 6.45) is 3.60. The van der Waals surface area contributed by atoms with E-state index in [0.29, 0.717) is 65.2 Å². The molecule has 9 nitrogen and oxygen atoms in total. The van der Waals surface area contributed by atoms with Gasteiger partial charge in [-0.25, -0.2) is 19.2 Å². The number of hydrogen-bond donors (Lipinski definition) is 2. The highest BCUT2D eigenvalue weighted by Gasteiger charge is 2.26. The van der Waals surface area contributed by atoms with Crippen LogP contribution >= 0.6 is 34.4 Å². The second kappa shape index (κ2) is 15.8. The molecule has 49 heavy (non-hydrogen) atoms. The molecule has 0 radical (unpaired) electrons. The van der Waals surface area contributed by atoms with E-state index in [9.17, 15) is 19.1 Å². The number of amides is 1. The molecule has 0 aliphatic carbocycles. The zero-order valence-corrected chi connectivity index (χ0v) is 29.4. The van der Waals surface area contributed by atoms with Gasteiger partial charge in [-0.2, -0.15) is 0 Å². The normalized spacial score (nSPS) is 12.4. The Morgan fingerprint density at radius 3 is 2.80 bits per heavy atom. The van der Waals surface area contributed by atoms with Crippen molar-refractivity contribution >= 4 is 66.8 Å². The molecule has 2 aromatic heterocycles. The van der Waals surface area contributed by atoms with Crippen LogP contribution in [0.15, 0.2) is 60.7 Å². The maximum Gasteiger partial charge on any atom is 0.355 e. The van der Waals surface area contributed by atoms with Gasteiger partial charge in [-0.1, -0.05) is 47.4 Å². The van der Waals surface area contributed by atoms with Gasteiger partial charge in [0.1, 0.15) is 0 Å². The number of aryl methyl sites for hydroxylation is 1. The van der Waals surface area contributed by atoms with Crippen LogP contribution in [0.25, 0.3) is 10.2 Å². The first-order valence-electron chi connectivity index (χ1n) is 15.6. The average molecular weight is 716 g/mol. The zero-order chi connectivity index (χ0) is 34.3. The van der Waals surface area contributed by atoms with Gasteiger partial charge in [-0.15, -0.1) is 23.1 Å². The van der Waals surface area contributed by atoms with E-state index in [-0.39, 0.29) is 24.0 Å². The summed E-state index contributed by atoms with van der Waals surface area (Å²) in [5, 5.41) is 14.0. The van der Waals surface area contributed by atoms with Gasteiger partial charge in [0.2, 0.25) is 0 Å². The lowest BCUT2D eigenvalue weighted by Gasteiger charge is -2.29. The summed E-state index contributed by atoms with van der Waals surface area (Å²) in [4.78, 5) is 39.3. The molecule has 0 bridgehead atoms. The lowest BCUT2D eigenvalue weighted by atomic mass is 9.94. The maximum absolute atomic E-state index is 14.7. The first-order valence-corrected chi connectivity index (χ1v) is 18.7. The number of fused-ring (bicyclic) bond motifs is 2. The smallest absolute Gasteiger partial charge is 0.355 e. The SMILES string of the molecule is CSCN(C)CC#Cc1ccc(OCCCc2sc(N3CCc4cccc(C(=O)Nc5nc6ccccc6s5)c4C3)nc2C(=O)O)c(F)c1. The Kier molecular flexibility index (Phi) is 11.1. The van der Waals surface area contributed by atoms with Gasteiger partial charge in [-0.3, -0.25) is 15.0 Å². The van der Waals surface area contributed by atoms with Gasteiger partial charge in [-0.05, 0) is 80.1 Å². The number of nitrogens with zero attached hydrogens (tertiary/aromatic N) is 4. The lowest BCUT2D eigenvalue weighted by Crippen LogP contribution is -2.32. The third kappa shape index (κ3) is 8.40. The predicted octanol–water partition coefficient (Wildman–Crippen LogP) is 7.02. The molecule has 0 atom stereocenters. The summed E-state index contributed by atoms with van der Waals surface area (Å²) in [5.41, 5.74) is 3.93. The molecule has 0 saturated heterocycles. The first kappa shape index (κ1) is 34.4. The van der Waals surface area contributed by atoms with Gasteiger partial charge in [0.25, 0.3) is 5.91 Å². The third-order valence-electron chi connectivity index (χ3n) is 7.86. The minimum absolute atomic E-state index is 0.00458. The van der Waals surface area contributed by atoms with Crippen LogP contribution in [0, 0.1) is 17.7 Å². The molecule has 1 aliphatic heterocycles. The van der Waals surface area contributed by atoms with Gasteiger partial charge < -0.3 is 14.7 Å². The maximum atomic E-state index is 14.7. The molecule has 252 valence electrons. The minimum Gasteiger partial charge on any atom is -0.491 e. The molecule has 1 aliphatic rings. The van der Waals surface area contributed by atoms with Crippen LogP contribution in [0.5, 0.6) is 5.75 Å². The van der Waals surface area contributed by atoms with E-state index >= 15 is 0 Å². The number of carboxylic acid groups (broad SMARTS) is 1. The highest BCUT2D eigenvalue weighted by atomic mass is 32.2. The number of hydrogen-bond acceptors (Lipinski definition) is 10. The van der Waals surface area contributed by atoms with Crippen molar-refractivity contribution in [2.45, 2.75) is 25.8 Å². The van der Waals surface area contributed by atoms with E-state index in [1.54, 1.807) is 30.0 Å². The Balaban J connectivity index is 1.08. The Morgan fingerprint density at radius 2 is 2.00 bits per heavy atom. The third-order valence-corrected chi connectivity index (χ3v) is 10.7. The molecule has 0 unspecified atom stereocenters. The fraction of sp³-hybridized carbons (Fsp3) is 0.278. The van der Waals surface area contributed by atoms with Crippen LogP contribution in [0.2, 0.25) is 0 Å². The molecule has 0 fully saturated rings. The van der Waals surface area contributed by atoms with Crippen molar-refractivity contribution in [1.82, 2.24) is 14.9 Å². The number of thioether (sulfide) groups is 1. The highest BCUT2D eigenvalue weighted by Crippen LogP contribution is 2.33. The molecule has 0 saturated carbocycles. The van der Waals surface area contributed by atoms with Crippen LogP contribution in [-0.4, -0.2) is 70.7 Å². The number of thiazole rings is 2. The van der Waals surface area contributed by atoms with E-state index in [0.717, 1.165) is 27.2 Å². The Labute approximate surface area is 296 Å². The summed E-state index contributed by atoms with van der Waals surface area (Å²) >= 11 is 4.46.